The van der Waals surface area contributed by atoms with Crippen molar-refractivity contribution in [1.29, 1.82) is 5.26 Å². The summed E-state index contributed by atoms with van der Waals surface area (Å²) in [6, 6.07) is 8.77. The number of hydrogen-bond donors (Lipinski definition) is 1. The molecule has 0 unspecified atom stereocenters. The number of aromatic nitrogens is 1. The molecule has 2 rings (SSSR count). The van der Waals surface area contributed by atoms with Gasteiger partial charge in [-0.25, -0.2) is 4.79 Å². The molecule has 2 aromatic rings. The average molecular weight is 297 g/mol. The summed E-state index contributed by atoms with van der Waals surface area (Å²) in [4.78, 5) is 24.1. The summed E-state index contributed by atoms with van der Waals surface area (Å²) in [6.45, 7) is 1.76. The lowest BCUT2D eigenvalue weighted by molar-refractivity contribution is 0.0592. The monoisotopic (exact) mass is 297 g/mol. The van der Waals surface area contributed by atoms with E-state index in [1.54, 1.807) is 31.2 Å². The highest BCUT2D eigenvalue weighted by Gasteiger charge is 2.23. The van der Waals surface area contributed by atoms with E-state index >= 15 is 0 Å². The maximum Gasteiger partial charge on any atom is 0.357 e. The maximum atomic E-state index is 12.1. The number of esters is 1. The number of ether oxygens (including phenoxy) is 1. The highest BCUT2D eigenvalue weighted by molar-refractivity contribution is 6.01. The molecule has 0 saturated heterocycles. The summed E-state index contributed by atoms with van der Waals surface area (Å²) in [5, 5.41) is 9.12. The Hall–Kier alpha value is -3.07. The Balaban J connectivity index is 2.76. The fraction of sp³-hybridized carbons (Fsp3) is 0.188. The van der Waals surface area contributed by atoms with Crippen LogP contribution in [0.15, 0.2) is 30.5 Å². The van der Waals surface area contributed by atoms with Gasteiger partial charge in [-0.3, -0.25) is 4.79 Å². The molecule has 0 amide bonds. The van der Waals surface area contributed by atoms with Crippen LogP contribution >= 0.6 is 0 Å². The molecule has 0 spiro atoms. The third-order valence-electron chi connectivity index (χ3n) is 3.33. The lowest BCUT2D eigenvalue weighted by Crippen LogP contribution is -2.13. The first-order valence-electron chi connectivity index (χ1n) is 6.67. The molecule has 1 aromatic heterocycles. The number of carbonyl (C=O) groups is 2. The predicted molar refractivity (Wildman–Crippen MR) is 80.9 cm³/mol. The zero-order valence-electron chi connectivity index (χ0n) is 12.3. The number of Topliss-reactive ketones (excluding diaryl/α,β-unsaturated/α-hetero) is 1. The molecular formula is C16H15N3O3. The van der Waals surface area contributed by atoms with E-state index in [0.717, 1.165) is 0 Å². The van der Waals surface area contributed by atoms with Crippen LogP contribution in [-0.2, 0) is 4.74 Å². The fourth-order valence-electron chi connectivity index (χ4n) is 2.21. The molecule has 112 valence electrons. The molecular weight excluding hydrogens is 282 g/mol. The van der Waals surface area contributed by atoms with Crippen molar-refractivity contribution in [3.8, 4) is 11.8 Å². The van der Waals surface area contributed by atoms with Gasteiger partial charge < -0.3 is 15.0 Å². The van der Waals surface area contributed by atoms with E-state index in [-0.39, 0.29) is 22.7 Å². The van der Waals surface area contributed by atoms with Gasteiger partial charge in [0.2, 0.25) is 0 Å². The zero-order chi connectivity index (χ0) is 16.3. The number of methoxy groups -OCH3 is 1. The normalized spacial score (nSPS) is 10.0. The van der Waals surface area contributed by atoms with Gasteiger partial charge in [0, 0.05) is 18.2 Å². The number of anilines is 1. The second-order valence-electron chi connectivity index (χ2n) is 4.57. The number of ketones is 1. The first-order valence-corrected chi connectivity index (χ1v) is 6.67. The summed E-state index contributed by atoms with van der Waals surface area (Å²) in [5.74, 6) is -0.741. The van der Waals surface area contributed by atoms with Gasteiger partial charge in [-0.2, -0.15) is 5.26 Å². The van der Waals surface area contributed by atoms with Crippen LogP contribution in [-0.4, -0.2) is 23.4 Å². The second-order valence-corrected chi connectivity index (χ2v) is 4.57. The minimum absolute atomic E-state index is 0.0353. The van der Waals surface area contributed by atoms with Gasteiger partial charge in [0.05, 0.1) is 24.0 Å². The Kier molecular flexibility index (Phi) is 4.28. The van der Waals surface area contributed by atoms with Crippen LogP contribution in [0.4, 0.5) is 5.69 Å². The van der Waals surface area contributed by atoms with Crippen LogP contribution in [0.5, 0.6) is 0 Å². The van der Waals surface area contributed by atoms with Crippen molar-refractivity contribution in [2.45, 2.75) is 13.3 Å². The van der Waals surface area contributed by atoms with Crippen molar-refractivity contribution in [2.24, 2.45) is 0 Å². The SMILES string of the molecule is CCC(=O)c1ccccc1-n1cc(C#N)c(N)c1C(=O)OC. The van der Waals surface area contributed by atoms with Crippen LogP contribution in [0.3, 0.4) is 0 Å². The molecule has 1 aromatic carbocycles. The molecule has 0 radical (unpaired) electrons. The summed E-state index contributed by atoms with van der Waals surface area (Å²) < 4.78 is 6.16. The molecule has 1 heterocycles. The van der Waals surface area contributed by atoms with Gasteiger partial charge in [0.15, 0.2) is 11.5 Å². The minimum Gasteiger partial charge on any atom is -0.464 e. The van der Waals surface area contributed by atoms with Crippen LogP contribution in [0.2, 0.25) is 0 Å². The van der Waals surface area contributed by atoms with Crippen molar-refractivity contribution in [3.05, 3.63) is 47.3 Å². The quantitative estimate of drug-likeness (QED) is 0.689. The number of nitriles is 1. The molecule has 0 aliphatic rings. The molecule has 22 heavy (non-hydrogen) atoms. The van der Waals surface area contributed by atoms with Gasteiger partial charge in [-0.15, -0.1) is 0 Å². The van der Waals surface area contributed by atoms with Gasteiger partial charge >= 0.3 is 5.97 Å². The predicted octanol–water partition coefficient (Wildman–Crippen LogP) is 2.31. The van der Waals surface area contributed by atoms with E-state index in [9.17, 15) is 9.59 Å². The summed E-state index contributed by atoms with van der Waals surface area (Å²) in [5.41, 5.74) is 7.02. The zero-order valence-corrected chi connectivity index (χ0v) is 12.3. The molecule has 6 heteroatoms. The number of nitrogen functional groups attached to an aromatic ring is 1. The van der Waals surface area contributed by atoms with E-state index in [4.69, 9.17) is 15.7 Å². The molecule has 0 aliphatic heterocycles. The van der Waals surface area contributed by atoms with E-state index in [2.05, 4.69) is 0 Å². The highest BCUT2D eigenvalue weighted by atomic mass is 16.5. The van der Waals surface area contributed by atoms with Crippen molar-refractivity contribution in [1.82, 2.24) is 4.57 Å². The summed E-state index contributed by atoms with van der Waals surface area (Å²) >= 11 is 0. The number of nitrogens with zero attached hydrogens (tertiary/aromatic N) is 2. The lowest BCUT2D eigenvalue weighted by Gasteiger charge is -2.12. The molecule has 0 aliphatic carbocycles. The van der Waals surface area contributed by atoms with Crippen LogP contribution in [0, 0.1) is 11.3 Å². The Morgan fingerprint density at radius 2 is 2.05 bits per heavy atom. The molecule has 0 bridgehead atoms. The topological polar surface area (TPSA) is 98.1 Å². The summed E-state index contributed by atoms with van der Waals surface area (Å²) in [7, 11) is 1.23. The Bertz CT molecular complexity index is 784. The third kappa shape index (κ3) is 2.44. The van der Waals surface area contributed by atoms with Crippen LogP contribution in [0.25, 0.3) is 5.69 Å². The molecule has 0 atom stereocenters. The van der Waals surface area contributed by atoms with Crippen molar-refractivity contribution >= 4 is 17.4 Å². The minimum atomic E-state index is -0.669. The fourth-order valence-corrected chi connectivity index (χ4v) is 2.21. The van der Waals surface area contributed by atoms with Gasteiger partial charge in [0.1, 0.15) is 6.07 Å². The first kappa shape index (κ1) is 15.3. The van der Waals surface area contributed by atoms with E-state index < -0.39 is 5.97 Å². The summed E-state index contributed by atoms with van der Waals surface area (Å²) in [6.07, 6.45) is 1.76. The molecule has 0 fully saturated rings. The van der Waals surface area contributed by atoms with Crippen molar-refractivity contribution < 1.29 is 14.3 Å². The lowest BCUT2D eigenvalue weighted by atomic mass is 10.1. The maximum absolute atomic E-state index is 12.1. The Morgan fingerprint density at radius 3 is 2.64 bits per heavy atom. The molecule has 6 nitrogen and oxygen atoms in total. The van der Waals surface area contributed by atoms with Crippen molar-refractivity contribution in [2.75, 3.05) is 12.8 Å². The third-order valence-corrected chi connectivity index (χ3v) is 3.33. The number of nitrogens with two attached hydrogens (primary N) is 1. The second kappa shape index (κ2) is 6.14. The highest BCUT2D eigenvalue weighted by Crippen LogP contribution is 2.27. The molecule has 2 N–H and O–H groups in total. The number of rotatable bonds is 4. The number of para-hydroxylation sites is 1. The number of hydrogen-bond acceptors (Lipinski definition) is 5. The van der Waals surface area contributed by atoms with Crippen LogP contribution < -0.4 is 5.73 Å². The van der Waals surface area contributed by atoms with E-state index in [1.807, 2.05) is 6.07 Å². The number of benzene rings is 1. The van der Waals surface area contributed by atoms with E-state index in [0.29, 0.717) is 17.7 Å². The Morgan fingerprint density at radius 1 is 1.36 bits per heavy atom. The first-order chi connectivity index (χ1) is 10.5. The van der Waals surface area contributed by atoms with Gasteiger partial charge in [0.25, 0.3) is 0 Å². The Labute approximate surface area is 127 Å². The van der Waals surface area contributed by atoms with Crippen molar-refractivity contribution in [3.63, 3.8) is 0 Å². The van der Waals surface area contributed by atoms with Gasteiger partial charge in [-0.1, -0.05) is 19.1 Å². The standard InChI is InChI=1S/C16H15N3O3/c1-3-13(20)11-6-4-5-7-12(11)19-9-10(8-17)14(18)15(19)16(21)22-2/h4-7,9H,3,18H2,1-2H3. The largest absolute Gasteiger partial charge is 0.464 e. The van der Waals surface area contributed by atoms with Crippen LogP contribution in [0.1, 0.15) is 39.8 Å². The average Bonchev–Trinajstić information content (AvgIpc) is 2.89. The smallest absolute Gasteiger partial charge is 0.357 e. The number of carbonyl (C=O) groups excluding carboxylic acids is 2. The molecule has 0 saturated carbocycles. The van der Waals surface area contributed by atoms with Gasteiger partial charge in [-0.05, 0) is 12.1 Å². The van der Waals surface area contributed by atoms with E-state index in [1.165, 1.54) is 17.9 Å².